The van der Waals surface area contributed by atoms with Crippen molar-refractivity contribution in [1.29, 1.82) is 0 Å². The minimum absolute atomic E-state index is 0.0224. The largest absolute Gasteiger partial charge is 0.505 e. The molecule has 0 saturated carbocycles. The molecule has 2 aromatic carbocycles. The number of Topliss-reactive ketones (excluding diaryl/α,β-unsaturated/α-hetero) is 1. The van der Waals surface area contributed by atoms with Crippen molar-refractivity contribution in [2.75, 3.05) is 17.7 Å². The number of amides is 1. The number of methoxy groups -OCH3 is 1. The molecular formula is C21H22Cl2N2O5. The first kappa shape index (κ1) is 23.5. The van der Waals surface area contributed by atoms with E-state index in [1.54, 1.807) is 20.8 Å². The number of anilines is 2. The van der Waals surface area contributed by atoms with E-state index in [2.05, 4.69) is 15.4 Å². The van der Waals surface area contributed by atoms with Crippen molar-refractivity contribution in [1.82, 2.24) is 0 Å². The lowest BCUT2D eigenvalue weighted by Crippen LogP contribution is -2.46. The van der Waals surface area contributed by atoms with E-state index >= 15 is 0 Å². The van der Waals surface area contributed by atoms with E-state index in [1.165, 1.54) is 43.5 Å². The topological polar surface area (TPSA) is 105 Å². The second-order valence-corrected chi connectivity index (χ2v) is 8.35. The number of ether oxygens (including phenoxy) is 1. The fourth-order valence-corrected chi connectivity index (χ4v) is 3.01. The summed E-state index contributed by atoms with van der Waals surface area (Å²) in [7, 11) is 1.27. The fraction of sp³-hybridized carbons (Fsp3) is 0.286. The van der Waals surface area contributed by atoms with Crippen LogP contribution in [0.25, 0.3) is 0 Å². The Balaban J connectivity index is 2.29. The summed E-state index contributed by atoms with van der Waals surface area (Å²) in [5.74, 6) is -1.78. The van der Waals surface area contributed by atoms with Crippen LogP contribution in [-0.4, -0.2) is 35.9 Å². The average Bonchev–Trinajstić information content (AvgIpc) is 2.68. The van der Waals surface area contributed by atoms with E-state index in [9.17, 15) is 19.5 Å². The molecule has 0 aliphatic heterocycles. The number of rotatable bonds is 6. The molecule has 9 heteroatoms. The molecular weight excluding hydrogens is 431 g/mol. The van der Waals surface area contributed by atoms with E-state index < -0.39 is 23.3 Å². The Morgan fingerprint density at radius 3 is 2.00 bits per heavy atom. The van der Waals surface area contributed by atoms with Crippen LogP contribution in [0.15, 0.2) is 36.4 Å². The summed E-state index contributed by atoms with van der Waals surface area (Å²) >= 11 is 11.9. The van der Waals surface area contributed by atoms with Crippen LogP contribution < -0.4 is 10.6 Å². The quantitative estimate of drug-likeness (QED) is 0.338. The molecule has 160 valence electrons. The van der Waals surface area contributed by atoms with Gasteiger partial charge in [0, 0.05) is 16.8 Å². The number of carbonyl (C=O) groups excluding carboxylic acids is 3. The van der Waals surface area contributed by atoms with E-state index in [1.807, 2.05) is 0 Å². The number of halogens is 2. The van der Waals surface area contributed by atoms with Gasteiger partial charge in [0.2, 0.25) is 0 Å². The van der Waals surface area contributed by atoms with Crippen molar-refractivity contribution in [3.63, 3.8) is 0 Å². The van der Waals surface area contributed by atoms with Gasteiger partial charge in [-0.05, 0) is 36.4 Å². The van der Waals surface area contributed by atoms with Crippen molar-refractivity contribution in [3.05, 3.63) is 52.0 Å². The minimum atomic E-state index is -1.26. The molecule has 0 aromatic heterocycles. The standard InChI is InChI=1S/C21H22Cl2N2O5/c1-21(2,3)18(27)16(24-13-9-14(22)17(26)15(23)10-13)19(28)25-12-7-5-11(6-8-12)20(29)30-4/h5-10,16,24,26H,1-4H3,(H,25,28). The molecule has 0 heterocycles. The van der Waals surface area contributed by atoms with Gasteiger partial charge < -0.3 is 20.5 Å². The molecule has 0 radical (unpaired) electrons. The van der Waals surface area contributed by atoms with Gasteiger partial charge in [0.25, 0.3) is 5.91 Å². The van der Waals surface area contributed by atoms with Crippen molar-refractivity contribution in [2.24, 2.45) is 5.41 Å². The Bertz CT molecular complexity index is 945. The maximum Gasteiger partial charge on any atom is 0.337 e. The number of carbonyl (C=O) groups is 3. The third kappa shape index (κ3) is 5.64. The van der Waals surface area contributed by atoms with Crippen molar-refractivity contribution < 1.29 is 24.2 Å². The minimum Gasteiger partial charge on any atom is -0.505 e. The predicted molar refractivity (Wildman–Crippen MR) is 116 cm³/mol. The highest BCUT2D eigenvalue weighted by Gasteiger charge is 2.35. The number of phenols is 1. The molecule has 0 saturated heterocycles. The first-order valence-corrected chi connectivity index (χ1v) is 9.67. The lowest BCUT2D eigenvalue weighted by Gasteiger charge is -2.25. The molecule has 3 N–H and O–H groups in total. The SMILES string of the molecule is COC(=O)c1ccc(NC(=O)C(Nc2cc(Cl)c(O)c(Cl)c2)C(=O)C(C)(C)C)cc1. The number of nitrogens with one attached hydrogen (secondary N) is 2. The maximum absolute atomic E-state index is 12.9. The van der Waals surface area contributed by atoms with Crippen LogP contribution in [0.4, 0.5) is 11.4 Å². The lowest BCUT2D eigenvalue weighted by molar-refractivity contribution is -0.131. The zero-order valence-electron chi connectivity index (χ0n) is 16.9. The van der Waals surface area contributed by atoms with E-state index in [0.29, 0.717) is 16.9 Å². The molecule has 1 unspecified atom stereocenters. The summed E-state index contributed by atoms with van der Waals surface area (Å²) in [6.07, 6.45) is 0. The van der Waals surface area contributed by atoms with Gasteiger partial charge >= 0.3 is 5.97 Å². The van der Waals surface area contributed by atoms with Crippen LogP contribution in [0, 0.1) is 5.41 Å². The Labute approximate surface area is 184 Å². The van der Waals surface area contributed by atoms with Gasteiger partial charge in [-0.3, -0.25) is 9.59 Å². The molecule has 1 amide bonds. The highest BCUT2D eigenvalue weighted by atomic mass is 35.5. The maximum atomic E-state index is 12.9. The first-order valence-electron chi connectivity index (χ1n) is 8.92. The summed E-state index contributed by atoms with van der Waals surface area (Å²) < 4.78 is 4.64. The zero-order chi connectivity index (χ0) is 22.6. The number of benzene rings is 2. The lowest BCUT2D eigenvalue weighted by atomic mass is 9.86. The highest BCUT2D eigenvalue weighted by Crippen LogP contribution is 2.35. The van der Waals surface area contributed by atoms with Crippen molar-refractivity contribution in [2.45, 2.75) is 26.8 Å². The third-order valence-electron chi connectivity index (χ3n) is 4.17. The number of ketones is 1. The monoisotopic (exact) mass is 452 g/mol. The molecule has 30 heavy (non-hydrogen) atoms. The highest BCUT2D eigenvalue weighted by molar-refractivity contribution is 6.37. The van der Waals surface area contributed by atoms with Gasteiger partial charge in [0.15, 0.2) is 17.6 Å². The van der Waals surface area contributed by atoms with E-state index in [-0.39, 0.29) is 21.6 Å². The van der Waals surface area contributed by atoms with Gasteiger partial charge in [-0.1, -0.05) is 44.0 Å². The van der Waals surface area contributed by atoms with Crippen LogP contribution >= 0.6 is 23.2 Å². The van der Waals surface area contributed by atoms with Gasteiger partial charge in [-0.25, -0.2) is 4.79 Å². The smallest absolute Gasteiger partial charge is 0.337 e. The third-order valence-corrected chi connectivity index (χ3v) is 4.74. The van der Waals surface area contributed by atoms with Crippen LogP contribution in [0.2, 0.25) is 10.0 Å². The Morgan fingerprint density at radius 1 is 1.00 bits per heavy atom. The molecule has 2 rings (SSSR count). The van der Waals surface area contributed by atoms with Gasteiger partial charge in [-0.15, -0.1) is 0 Å². The summed E-state index contributed by atoms with van der Waals surface area (Å²) in [5, 5.41) is 15.2. The predicted octanol–water partition coefficient (Wildman–Crippen LogP) is 4.52. The number of hydrogen-bond acceptors (Lipinski definition) is 6. The summed E-state index contributed by atoms with van der Waals surface area (Å²) in [6.45, 7) is 5.08. The number of esters is 1. The molecule has 0 fully saturated rings. The summed E-state index contributed by atoms with van der Waals surface area (Å²) in [5.41, 5.74) is 0.183. The van der Waals surface area contributed by atoms with Crippen LogP contribution in [0.5, 0.6) is 5.75 Å². The van der Waals surface area contributed by atoms with E-state index in [4.69, 9.17) is 23.2 Å². The number of aromatic hydroxyl groups is 1. The van der Waals surface area contributed by atoms with Crippen LogP contribution in [-0.2, 0) is 14.3 Å². The molecule has 0 aliphatic rings. The molecule has 1 atom stereocenters. The van der Waals surface area contributed by atoms with Crippen molar-refractivity contribution >= 4 is 52.2 Å². The Kier molecular flexibility index (Phi) is 7.34. The molecule has 0 aliphatic carbocycles. The van der Waals surface area contributed by atoms with E-state index in [0.717, 1.165) is 0 Å². The molecule has 2 aromatic rings. The summed E-state index contributed by atoms with van der Waals surface area (Å²) in [4.78, 5) is 37.4. The molecule has 0 spiro atoms. The van der Waals surface area contributed by atoms with Crippen LogP contribution in [0.1, 0.15) is 31.1 Å². The Hall–Kier alpha value is -2.77. The fourth-order valence-electron chi connectivity index (χ4n) is 2.52. The Morgan fingerprint density at radius 2 is 1.53 bits per heavy atom. The first-order chi connectivity index (χ1) is 13.9. The second-order valence-electron chi connectivity index (χ2n) is 7.54. The van der Waals surface area contributed by atoms with Gasteiger partial charge in [-0.2, -0.15) is 0 Å². The molecule has 7 nitrogen and oxygen atoms in total. The zero-order valence-corrected chi connectivity index (χ0v) is 18.4. The van der Waals surface area contributed by atoms with Crippen molar-refractivity contribution in [3.8, 4) is 5.75 Å². The normalized spacial score (nSPS) is 12.1. The van der Waals surface area contributed by atoms with Gasteiger partial charge in [0.1, 0.15) is 0 Å². The summed E-state index contributed by atoms with van der Waals surface area (Å²) in [6, 6.07) is 7.51. The average molecular weight is 453 g/mol. The molecule has 0 bridgehead atoms. The second kappa shape index (κ2) is 9.36. The van der Waals surface area contributed by atoms with Gasteiger partial charge in [0.05, 0.1) is 22.7 Å². The number of hydrogen-bond donors (Lipinski definition) is 3. The number of phenolic OH excluding ortho intramolecular Hbond substituents is 1. The van der Waals surface area contributed by atoms with Crippen LogP contribution in [0.3, 0.4) is 0 Å².